The number of methoxy groups -OCH3 is 1. The molecule has 2 atom stereocenters. The third-order valence-corrected chi connectivity index (χ3v) is 7.31. The van der Waals surface area contributed by atoms with E-state index in [-0.39, 0.29) is 0 Å². The molecule has 1 heterocycles. The van der Waals surface area contributed by atoms with Crippen molar-refractivity contribution in [3.8, 4) is 17.7 Å². The molecule has 0 saturated heterocycles. The quantitative estimate of drug-likeness (QED) is 0.231. The van der Waals surface area contributed by atoms with Crippen LogP contribution in [0, 0.1) is 11.8 Å². The predicted molar refractivity (Wildman–Crippen MR) is 163 cm³/mol. The predicted octanol–water partition coefficient (Wildman–Crippen LogP) is 6.61. The van der Waals surface area contributed by atoms with Gasteiger partial charge in [-0.25, -0.2) is 4.98 Å². The molecule has 40 heavy (non-hydrogen) atoms. The van der Waals surface area contributed by atoms with Gasteiger partial charge in [0, 0.05) is 35.3 Å². The number of pyridine rings is 1. The lowest BCUT2D eigenvalue weighted by Gasteiger charge is -2.39. The van der Waals surface area contributed by atoms with E-state index in [0.29, 0.717) is 18.8 Å². The molecule has 200 valence electrons. The van der Waals surface area contributed by atoms with Gasteiger partial charge in [-0.2, -0.15) is 0 Å². The largest absolute Gasteiger partial charge is 0.481 e. The van der Waals surface area contributed by atoms with Crippen LogP contribution in [0.25, 0.3) is 10.8 Å². The molecule has 1 aromatic heterocycles. The van der Waals surface area contributed by atoms with Gasteiger partial charge in [0.05, 0.1) is 7.11 Å². The Hall–Kier alpha value is -4.43. The van der Waals surface area contributed by atoms with Crippen molar-refractivity contribution in [2.75, 3.05) is 27.7 Å². The first-order valence-electron chi connectivity index (χ1n) is 13.5. The summed E-state index contributed by atoms with van der Waals surface area (Å²) in [6.07, 6.45) is 2.23. The maximum Gasteiger partial charge on any atom is 0.217 e. The Morgan fingerprint density at radius 2 is 1.48 bits per heavy atom. The van der Waals surface area contributed by atoms with Crippen molar-refractivity contribution in [2.45, 2.75) is 17.9 Å². The molecule has 4 heteroatoms. The molecule has 0 aliphatic carbocycles. The van der Waals surface area contributed by atoms with Gasteiger partial charge < -0.3 is 14.7 Å². The smallest absolute Gasteiger partial charge is 0.217 e. The number of fused-ring (bicyclic) bond motifs is 1. The molecule has 1 N–H and O–H groups in total. The van der Waals surface area contributed by atoms with E-state index >= 15 is 0 Å². The maximum absolute atomic E-state index is 13.1. The van der Waals surface area contributed by atoms with E-state index in [4.69, 9.17) is 4.74 Å². The number of hydrogen-bond donors (Lipinski definition) is 1. The first-order valence-corrected chi connectivity index (χ1v) is 13.5. The number of rotatable bonds is 8. The summed E-state index contributed by atoms with van der Waals surface area (Å²) < 4.78 is 5.83. The Balaban J connectivity index is 1.76. The average Bonchev–Trinajstić information content (AvgIpc) is 3.00. The van der Waals surface area contributed by atoms with E-state index in [1.807, 2.05) is 93.0 Å². The van der Waals surface area contributed by atoms with E-state index < -0.39 is 11.5 Å². The van der Waals surface area contributed by atoms with Gasteiger partial charge in [-0.05, 0) is 60.6 Å². The molecule has 0 bridgehead atoms. The molecule has 5 rings (SSSR count). The fourth-order valence-electron chi connectivity index (χ4n) is 5.37. The molecule has 0 aliphatic rings. The van der Waals surface area contributed by atoms with Gasteiger partial charge >= 0.3 is 0 Å². The molecule has 0 radical (unpaired) electrons. The highest BCUT2D eigenvalue weighted by atomic mass is 16.5. The fraction of sp³-hybridized carbons (Fsp3) is 0.194. The summed E-state index contributed by atoms with van der Waals surface area (Å²) in [5.41, 5.74) is 3.05. The van der Waals surface area contributed by atoms with Gasteiger partial charge in [-0.3, -0.25) is 0 Å². The van der Waals surface area contributed by atoms with E-state index in [0.717, 1.165) is 38.6 Å². The molecular formula is C36H34N2O2. The van der Waals surface area contributed by atoms with Crippen LogP contribution in [0.15, 0.2) is 115 Å². The molecule has 0 spiro atoms. The summed E-state index contributed by atoms with van der Waals surface area (Å²) in [6.45, 7) is 0.687. The molecule has 0 fully saturated rings. The second-order valence-corrected chi connectivity index (χ2v) is 10.3. The van der Waals surface area contributed by atoms with Gasteiger partial charge in [0.25, 0.3) is 0 Å². The van der Waals surface area contributed by atoms with Crippen LogP contribution in [0.3, 0.4) is 0 Å². The number of ether oxygens (including phenoxy) is 1. The molecule has 4 aromatic carbocycles. The molecule has 5 aromatic rings. The van der Waals surface area contributed by atoms with Crippen LogP contribution in [0.4, 0.5) is 0 Å². The number of nitrogens with zero attached hydrogens (tertiary/aromatic N) is 2. The second-order valence-electron chi connectivity index (χ2n) is 10.3. The third kappa shape index (κ3) is 5.77. The standard InChI is InChI=1S/C36H34N2O2/c1-38(2)24-23-36(39,33-20-12-18-29-15-10-11-19-31(29)33)34(30-16-8-5-9-17-30)32-25-28(26-37-35(32)40-3)22-21-27-13-6-4-7-14-27/h4-20,25-26,34,39H,23-24H2,1-3H3. The average molecular weight is 527 g/mol. The molecule has 2 unspecified atom stereocenters. The van der Waals surface area contributed by atoms with E-state index in [2.05, 4.69) is 52.1 Å². The van der Waals surface area contributed by atoms with Crippen molar-refractivity contribution in [3.63, 3.8) is 0 Å². The summed E-state index contributed by atoms with van der Waals surface area (Å²) in [4.78, 5) is 6.78. The number of hydrogen-bond acceptors (Lipinski definition) is 4. The highest BCUT2D eigenvalue weighted by Crippen LogP contribution is 2.48. The van der Waals surface area contributed by atoms with Crippen LogP contribution in [0.5, 0.6) is 5.88 Å². The third-order valence-electron chi connectivity index (χ3n) is 7.31. The van der Waals surface area contributed by atoms with Gasteiger partial charge in [0.2, 0.25) is 5.88 Å². The fourth-order valence-corrected chi connectivity index (χ4v) is 5.37. The van der Waals surface area contributed by atoms with Crippen molar-refractivity contribution in [1.29, 1.82) is 0 Å². The molecular weight excluding hydrogens is 492 g/mol. The summed E-state index contributed by atoms with van der Waals surface area (Å²) in [6, 6.07) is 36.5. The second kappa shape index (κ2) is 12.2. The van der Waals surface area contributed by atoms with Gasteiger partial charge in [0.15, 0.2) is 0 Å². The lowest BCUT2D eigenvalue weighted by atomic mass is 9.70. The number of benzene rings is 4. The van der Waals surface area contributed by atoms with Crippen molar-refractivity contribution in [2.24, 2.45) is 0 Å². The highest BCUT2D eigenvalue weighted by Gasteiger charge is 2.43. The number of aliphatic hydroxyl groups is 1. The van der Waals surface area contributed by atoms with Gasteiger partial charge in [-0.1, -0.05) is 103 Å². The summed E-state index contributed by atoms with van der Waals surface area (Å²) in [5.74, 6) is 6.51. The number of aromatic nitrogens is 1. The van der Waals surface area contributed by atoms with Crippen LogP contribution < -0.4 is 4.74 Å². The van der Waals surface area contributed by atoms with Crippen LogP contribution in [0.2, 0.25) is 0 Å². The topological polar surface area (TPSA) is 45.6 Å². The monoisotopic (exact) mass is 526 g/mol. The van der Waals surface area contributed by atoms with Crippen LogP contribution in [-0.4, -0.2) is 42.7 Å². The Labute approximate surface area is 236 Å². The highest BCUT2D eigenvalue weighted by molar-refractivity contribution is 5.86. The van der Waals surface area contributed by atoms with Crippen molar-refractivity contribution in [3.05, 3.63) is 143 Å². The zero-order chi connectivity index (χ0) is 28.0. The van der Waals surface area contributed by atoms with Crippen molar-refractivity contribution in [1.82, 2.24) is 9.88 Å². The van der Waals surface area contributed by atoms with E-state index in [1.165, 1.54) is 0 Å². The minimum atomic E-state index is -1.28. The summed E-state index contributed by atoms with van der Waals surface area (Å²) in [7, 11) is 5.69. The summed E-state index contributed by atoms with van der Waals surface area (Å²) in [5, 5.41) is 15.2. The van der Waals surface area contributed by atoms with Crippen LogP contribution in [-0.2, 0) is 5.60 Å². The molecule has 0 amide bonds. The molecule has 4 nitrogen and oxygen atoms in total. The Morgan fingerprint density at radius 3 is 2.20 bits per heavy atom. The lowest BCUT2D eigenvalue weighted by Crippen LogP contribution is -2.38. The minimum Gasteiger partial charge on any atom is -0.481 e. The Kier molecular flexibility index (Phi) is 8.26. The lowest BCUT2D eigenvalue weighted by molar-refractivity contribution is 0.00515. The SMILES string of the molecule is COc1ncc(C#Cc2ccccc2)cc1C(c1ccccc1)C(O)(CCN(C)C)c1cccc2ccccc12. The zero-order valence-corrected chi connectivity index (χ0v) is 23.2. The van der Waals surface area contributed by atoms with Crippen molar-refractivity contribution >= 4 is 10.8 Å². The van der Waals surface area contributed by atoms with Gasteiger partial charge in [0.1, 0.15) is 5.60 Å². The molecule has 0 aliphatic heterocycles. The van der Waals surface area contributed by atoms with E-state index in [1.54, 1.807) is 13.3 Å². The Bertz CT molecular complexity index is 1630. The first kappa shape index (κ1) is 27.1. The van der Waals surface area contributed by atoms with Crippen LogP contribution in [0.1, 0.15) is 40.2 Å². The molecule has 0 saturated carbocycles. The van der Waals surface area contributed by atoms with Crippen molar-refractivity contribution < 1.29 is 9.84 Å². The van der Waals surface area contributed by atoms with Crippen LogP contribution >= 0.6 is 0 Å². The normalized spacial score (nSPS) is 13.3. The summed E-state index contributed by atoms with van der Waals surface area (Å²) >= 11 is 0. The van der Waals surface area contributed by atoms with E-state index in [9.17, 15) is 5.11 Å². The maximum atomic E-state index is 13.1. The minimum absolute atomic E-state index is 0.472. The zero-order valence-electron chi connectivity index (χ0n) is 23.2. The Morgan fingerprint density at radius 1 is 0.825 bits per heavy atom. The first-order chi connectivity index (χ1) is 19.5. The van der Waals surface area contributed by atoms with Gasteiger partial charge in [-0.15, -0.1) is 0 Å².